The Hall–Kier alpha value is -4.21. The number of methoxy groups -OCH3 is 1. The van der Waals surface area contributed by atoms with Gasteiger partial charge in [-0.15, -0.1) is 0 Å². The number of aromatic nitrogens is 4. The molecule has 0 radical (unpaired) electrons. The zero-order chi connectivity index (χ0) is 20.5. The van der Waals surface area contributed by atoms with Crippen LogP contribution in [0.4, 0.5) is 15.9 Å². The van der Waals surface area contributed by atoms with E-state index in [1.165, 1.54) is 31.5 Å². The van der Waals surface area contributed by atoms with Crippen LogP contribution in [0.5, 0.6) is 5.75 Å². The van der Waals surface area contributed by atoms with Gasteiger partial charge in [-0.05, 0) is 30.3 Å². The number of hydrogen-bond acceptors (Lipinski definition) is 6. The number of H-pyrrole nitrogens is 2. The van der Waals surface area contributed by atoms with Gasteiger partial charge in [0.25, 0.3) is 5.91 Å². The number of amides is 1. The predicted molar refractivity (Wildman–Crippen MR) is 105 cm³/mol. The Bertz CT molecular complexity index is 1300. The first-order valence-electron chi connectivity index (χ1n) is 8.44. The first-order chi connectivity index (χ1) is 13.9. The van der Waals surface area contributed by atoms with Crippen molar-refractivity contribution in [2.45, 2.75) is 0 Å². The zero-order valence-electron chi connectivity index (χ0n) is 15.1. The number of ether oxygens (including phenoxy) is 1. The van der Waals surface area contributed by atoms with Crippen molar-refractivity contribution in [1.82, 2.24) is 19.9 Å². The molecule has 0 aliphatic rings. The van der Waals surface area contributed by atoms with Gasteiger partial charge >= 0.3 is 5.69 Å². The summed E-state index contributed by atoms with van der Waals surface area (Å²) >= 11 is 0. The second-order valence-electron chi connectivity index (χ2n) is 6.17. The van der Waals surface area contributed by atoms with Crippen molar-refractivity contribution in [3.63, 3.8) is 0 Å². The molecule has 0 spiro atoms. The van der Waals surface area contributed by atoms with Crippen LogP contribution in [0.25, 0.3) is 22.4 Å². The lowest BCUT2D eigenvalue weighted by molar-refractivity contribution is 0.102. The Balaban J connectivity index is 1.70. The average molecular weight is 394 g/mol. The first-order valence-corrected chi connectivity index (χ1v) is 8.44. The summed E-state index contributed by atoms with van der Waals surface area (Å²) in [6.45, 7) is 0. The molecule has 0 saturated carbocycles. The fraction of sp³-hybridized carbons (Fsp3) is 0.0526. The number of hydrogen-bond donors (Lipinski definition) is 4. The van der Waals surface area contributed by atoms with Crippen LogP contribution in [0.1, 0.15) is 10.4 Å². The molecule has 0 saturated heterocycles. The lowest BCUT2D eigenvalue weighted by Crippen LogP contribution is -2.13. The SMILES string of the molecule is COc1cc2[nH]c(=O)[nH]c2cc1NC(=O)c1cc(F)cc(-c2nccc(N)n2)c1. The summed E-state index contributed by atoms with van der Waals surface area (Å²) in [6.07, 6.45) is 1.44. The van der Waals surface area contributed by atoms with Gasteiger partial charge in [0.05, 0.1) is 23.8 Å². The summed E-state index contributed by atoms with van der Waals surface area (Å²) in [5.41, 5.74) is 6.94. The minimum atomic E-state index is -0.629. The van der Waals surface area contributed by atoms with Crippen molar-refractivity contribution < 1.29 is 13.9 Å². The Kier molecular flexibility index (Phi) is 4.43. The van der Waals surface area contributed by atoms with E-state index >= 15 is 0 Å². The van der Waals surface area contributed by atoms with Gasteiger partial charge in [0.15, 0.2) is 5.82 Å². The van der Waals surface area contributed by atoms with Crippen molar-refractivity contribution in [3.8, 4) is 17.1 Å². The predicted octanol–water partition coefficient (Wildman–Crippen LogP) is 2.30. The quantitative estimate of drug-likeness (QED) is 0.419. The lowest BCUT2D eigenvalue weighted by atomic mass is 10.1. The molecule has 0 unspecified atom stereocenters. The number of fused-ring (bicyclic) bond motifs is 1. The summed E-state index contributed by atoms with van der Waals surface area (Å²) in [5, 5.41) is 2.66. The fourth-order valence-corrected chi connectivity index (χ4v) is 2.89. The number of nitrogen functional groups attached to an aromatic ring is 1. The number of halogens is 1. The van der Waals surface area contributed by atoms with Gasteiger partial charge in [-0.2, -0.15) is 0 Å². The van der Waals surface area contributed by atoms with Crippen molar-refractivity contribution in [1.29, 1.82) is 0 Å². The number of imidazole rings is 1. The highest BCUT2D eigenvalue weighted by molar-refractivity contribution is 6.06. The summed E-state index contributed by atoms with van der Waals surface area (Å²) in [5.74, 6) is -0.454. The van der Waals surface area contributed by atoms with E-state index in [1.807, 2.05) is 0 Å². The summed E-state index contributed by atoms with van der Waals surface area (Å²) in [7, 11) is 1.43. The second kappa shape index (κ2) is 7.08. The Morgan fingerprint density at radius 3 is 2.66 bits per heavy atom. The van der Waals surface area contributed by atoms with Gasteiger partial charge < -0.3 is 25.8 Å². The van der Waals surface area contributed by atoms with Crippen LogP contribution in [-0.2, 0) is 0 Å². The first kappa shape index (κ1) is 18.2. The topological polar surface area (TPSA) is 139 Å². The summed E-state index contributed by atoms with van der Waals surface area (Å²) < 4.78 is 19.4. The number of nitrogens with one attached hydrogen (secondary N) is 3. The number of anilines is 2. The fourth-order valence-electron chi connectivity index (χ4n) is 2.89. The van der Waals surface area contributed by atoms with Crippen molar-refractivity contribution >= 4 is 28.4 Å². The molecule has 1 amide bonds. The molecule has 9 nitrogen and oxygen atoms in total. The smallest absolute Gasteiger partial charge is 0.323 e. The highest BCUT2D eigenvalue weighted by Crippen LogP contribution is 2.29. The molecule has 4 rings (SSSR count). The molecular weight excluding hydrogens is 379 g/mol. The number of benzene rings is 2. The van der Waals surface area contributed by atoms with E-state index in [1.54, 1.807) is 12.1 Å². The van der Waals surface area contributed by atoms with Gasteiger partial charge in [0.2, 0.25) is 0 Å². The molecule has 10 heteroatoms. The molecule has 5 N–H and O–H groups in total. The highest BCUT2D eigenvalue weighted by Gasteiger charge is 2.15. The number of nitrogens with two attached hydrogens (primary N) is 1. The standard InChI is InChI=1S/C19H15FN6O3/c1-29-15-8-13-12(24-19(28)25-13)7-14(15)23-18(27)10-4-9(5-11(20)6-10)17-22-3-2-16(21)26-17/h2-8H,1H3,(H,23,27)(H2,21,22,26)(H2,24,25,28). The normalized spacial score (nSPS) is 10.8. The molecule has 4 aromatic rings. The van der Waals surface area contributed by atoms with Crippen LogP contribution < -0.4 is 21.5 Å². The van der Waals surface area contributed by atoms with Gasteiger partial charge in [-0.1, -0.05) is 0 Å². The Labute approximate surface area is 162 Å². The van der Waals surface area contributed by atoms with Crippen molar-refractivity contribution in [3.05, 3.63) is 64.5 Å². The molecule has 0 fully saturated rings. The molecule has 2 heterocycles. The number of rotatable bonds is 4. The maximum atomic E-state index is 14.1. The van der Waals surface area contributed by atoms with Crippen molar-refractivity contribution in [2.75, 3.05) is 18.2 Å². The minimum absolute atomic E-state index is 0.0516. The van der Waals surface area contributed by atoms with E-state index < -0.39 is 11.7 Å². The van der Waals surface area contributed by atoms with Crippen LogP contribution in [0.3, 0.4) is 0 Å². The van der Waals surface area contributed by atoms with Gasteiger partial charge in [-0.3, -0.25) is 4.79 Å². The van der Waals surface area contributed by atoms with Crippen LogP contribution in [-0.4, -0.2) is 33.0 Å². The zero-order valence-corrected chi connectivity index (χ0v) is 15.1. The van der Waals surface area contributed by atoms with Crippen LogP contribution in [0, 0.1) is 5.82 Å². The Morgan fingerprint density at radius 2 is 1.93 bits per heavy atom. The molecular formula is C19H15FN6O3. The Morgan fingerprint density at radius 1 is 1.17 bits per heavy atom. The second-order valence-corrected chi connectivity index (χ2v) is 6.17. The monoisotopic (exact) mass is 394 g/mol. The van der Waals surface area contributed by atoms with Crippen LogP contribution in [0.15, 0.2) is 47.4 Å². The molecule has 0 atom stereocenters. The lowest BCUT2D eigenvalue weighted by Gasteiger charge is -2.11. The largest absolute Gasteiger partial charge is 0.494 e. The van der Waals surface area contributed by atoms with E-state index in [0.717, 1.165) is 6.07 Å². The highest BCUT2D eigenvalue weighted by atomic mass is 19.1. The van der Waals surface area contributed by atoms with Gasteiger partial charge in [-0.25, -0.2) is 19.2 Å². The number of nitrogens with zero attached hydrogens (tertiary/aromatic N) is 2. The molecule has 2 aromatic heterocycles. The minimum Gasteiger partial charge on any atom is -0.494 e. The van der Waals surface area contributed by atoms with Gasteiger partial charge in [0, 0.05) is 23.4 Å². The summed E-state index contributed by atoms with van der Waals surface area (Å²) in [6, 6.07) is 8.38. The van der Waals surface area contributed by atoms with E-state index in [9.17, 15) is 14.0 Å². The number of carbonyl (C=O) groups excluding carboxylic acids is 1. The third kappa shape index (κ3) is 3.63. The van der Waals surface area contributed by atoms with Crippen LogP contribution >= 0.6 is 0 Å². The molecule has 146 valence electrons. The molecule has 2 aromatic carbocycles. The van der Waals surface area contributed by atoms with E-state index in [0.29, 0.717) is 28.0 Å². The third-order valence-corrected chi connectivity index (χ3v) is 4.18. The molecule has 0 aliphatic carbocycles. The molecule has 0 aliphatic heterocycles. The van der Waals surface area contributed by atoms with E-state index in [-0.39, 0.29) is 22.9 Å². The van der Waals surface area contributed by atoms with Crippen LogP contribution in [0.2, 0.25) is 0 Å². The maximum Gasteiger partial charge on any atom is 0.323 e. The average Bonchev–Trinajstić information content (AvgIpc) is 3.05. The summed E-state index contributed by atoms with van der Waals surface area (Å²) in [4.78, 5) is 37.5. The van der Waals surface area contributed by atoms with E-state index in [4.69, 9.17) is 10.5 Å². The van der Waals surface area contributed by atoms with E-state index in [2.05, 4.69) is 25.3 Å². The molecule has 29 heavy (non-hydrogen) atoms. The molecule has 0 bridgehead atoms. The number of carbonyl (C=O) groups is 1. The number of aromatic amines is 2. The van der Waals surface area contributed by atoms with Crippen molar-refractivity contribution in [2.24, 2.45) is 0 Å². The maximum absolute atomic E-state index is 14.1. The third-order valence-electron chi connectivity index (χ3n) is 4.18. The van der Waals surface area contributed by atoms with Gasteiger partial charge in [0.1, 0.15) is 17.4 Å².